The number of rotatable bonds is 12. The van der Waals surface area contributed by atoms with Crippen LogP contribution in [0.15, 0.2) is 30.6 Å². The molecule has 0 aliphatic heterocycles. The number of benzene rings is 1. The van der Waals surface area contributed by atoms with Crippen LogP contribution in [0.5, 0.6) is 11.5 Å². The number of hydrogen-bond donors (Lipinski definition) is 3. The number of aromatic nitrogens is 5. The van der Waals surface area contributed by atoms with Crippen molar-refractivity contribution in [3.8, 4) is 17.2 Å². The van der Waals surface area contributed by atoms with Gasteiger partial charge in [0.2, 0.25) is 5.95 Å². The van der Waals surface area contributed by atoms with E-state index in [0.29, 0.717) is 30.3 Å². The molecule has 0 aliphatic carbocycles. The van der Waals surface area contributed by atoms with E-state index in [4.69, 9.17) is 14.6 Å². The second-order valence-corrected chi connectivity index (χ2v) is 9.69. The molecular formula is C25H38N6O4S. The van der Waals surface area contributed by atoms with Crippen molar-refractivity contribution in [2.75, 3.05) is 25.5 Å². The maximum Gasteiger partial charge on any atom is 0.239 e. The highest BCUT2D eigenvalue weighted by molar-refractivity contribution is 8.01. The molecule has 0 aliphatic rings. The van der Waals surface area contributed by atoms with Crippen molar-refractivity contribution in [2.24, 2.45) is 0 Å². The average molecular weight is 519 g/mol. The quantitative estimate of drug-likeness (QED) is 0.241. The van der Waals surface area contributed by atoms with E-state index in [1.54, 1.807) is 46.2 Å². The zero-order valence-electron chi connectivity index (χ0n) is 21.9. The largest absolute Gasteiger partial charge is 0.494 e. The minimum Gasteiger partial charge on any atom is -0.494 e. The Bertz CT molecular complexity index is 1020. The Morgan fingerprint density at radius 1 is 1.03 bits per heavy atom. The van der Waals surface area contributed by atoms with Gasteiger partial charge in [-0.25, -0.2) is 0 Å². The van der Waals surface area contributed by atoms with E-state index in [-0.39, 0.29) is 18.0 Å². The maximum atomic E-state index is 9.17. The predicted octanol–water partition coefficient (Wildman–Crippen LogP) is 3.78. The van der Waals surface area contributed by atoms with Gasteiger partial charge in [-0.15, -0.1) is 10.2 Å². The van der Waals surface area contributed by atoms with Gasteiger partial charge in [-0.3, -0.25) is 19.3 Å². The SMILES string of the molecule is CC(C)O.COc1cccc(OC)c1-n1c(CCCCO)nnc1NSC(C)Cc1cnc(C)cn1. The lowest BCUT2D eigenvalue weighted by Gasteiger charge is -2.18. The first-order valence-corrected chi connectivity index (χ1v) is 12.8. The molecule has 198 valence electrons. The number of aliphatic hydroxyl groups is 2. The van der Waals surface area contributed by atoms with Gasteiger partial charge >= 0.3 is 0 Å². The number of para-hydroxylation sites is 1. The monoisotopic (exact) mass is 518 g/mol. The number of aliphatic hydroxyl groups excluding tert-OH is 2. The molecular weight excluding hydrogens is 480 g/mol. The van der Waals surface area contributed by atoms with Crippen molar-refractivity contribution in [2.45, 2.75) is 64.7 Å². The fourth-order valence-electron chi connectivity index (χ4n) is 3.24. The summed E-state index contributed by atoms with van der Waals surface area (Å²) < 4.78 is 16.5. The van der Waals surface area contributed by atoms with E-state index in [0.717, 1.165) is 35.7 Å². The molecule has 0 spiro atoms. The van der Waals surface area contributed by atoms with Crippen LogP contribution in [-0.4, -0.2) is 67.1 Å². The van der Waals surface area contributed by atoms with Gasteiger partial charge in [-0.05, 0) is 57.7 Å². The average Bonchev–Trinajstić information content (AvgIpc) is 3.25. The molecule has 10 nitrogen and oxygen atoms in total. The van der Waals surface area contributed by atoms with E-state index < -0.39 is 0 Å². The van der Waals surface area contributed by atoms with Gasteiger partial charge in [0.1, 0.15) is 23.0 Å². The van der Waals surface area contributed by atoms with E-state index in [9.17, 15) is 5.11 Å². The number of unbranched alkanes of at least 4 members (excludes halogenated alkanes) is 1. The molecule has 0 bridgehead atoms. The lowest BCUT2D eigenvalue weighted by Crippen LogP contribution is -2.11. The van der Waals surface area contributed by atoms with E-state index in [2.05, 4.69) is 31.8 Å². The van der Waals surface area contributed by atoms with Gasteiger partial charge in [0.25, 0.3) is 0 Å². The Morgan fingerprint density at radius 2 is 1.69 bits per heavy atom. The first-order chi connectivity index (χ1) is 17.3. The summed E-state index contributed by atoms with van der Waals surface area (Å²) in [6.07, 6.45) is 6.34. The maximum absolute atomic E-state index is 9.17. The Morgan fingerprint density at radius 3 is 2.25 bits per heavy atom. The molecule has 3 N–H and O–H groups in total. The van der Waals surface area contributed by atoms with Crippen molar-refractivity contribution < 1.29 is 19.7 Å². The van der Waals surface area contributed by atoms with Crippen LogP contribution >= 0.6 is 11.9 Å². The molecule has 1 atom stereocenters. The zero-order valence-corrected chi connectivity index (χ0v) is 22.7. The van der Waals surface area contributed by atoms with Crippen molar-refractivity contribution >= 4 is 17.9 Å². The van der Waals surface area contributed by atoms with E-state index in [1.165, 1.54) is 0 Å². The Kier molecular flexibility index (Phi) is 12.4. The summed E-state index contributed by atoms with van der Waals surface area (Å²) >= 11 is 1.54. The Hall–Kier alpha value is -2.89. The van der Waals surface area contributed by atoms with Crippen LogP contribution < -0.4 is 14.2 Å². The van der Waals surface area contributed by atoms with Gasteiger partial charge < -0.3 is 19.7 Å². The minimum absolute atomic E-state index is 0.145. The van der Waals surface area contributed by atoms with Gasteiger partial charge in [-0.1, -0.05) is 13.0 Å². The first kappa shape index (κ1) is 29.3. The third-order valence-corrected chi connectivity index (χ3v) is 5.72. The second-order valence-electron chi connectivity index (χ2n) is 8.44. The van der Waals surface area contributed by atoms with Crippen LogP contribution in [0, 0.1) is 6.92 Å². The molecule has 0 saturated carbocycles. The fourth-order valence-corrected chi connectivity index (χ4v) is 3.93. The number of nitrogens with one attached hydrogen (secondary N) is 1. The third kappa shape index (κ3) is 8.96. The zero-order chi connectivity index (χ0) is 26.5. The molecule has 11 heteroatoms. The summed E-state index contributed by atoms with van der Waals surface area (Å²) in [4.78, 5) is 8.76. The highest BCUT2D eigenvalue weighted by Crippen LogP contribution is 2.36. The summed E-state index contributed by atoms with van der Waals surface area (Å²) in [5.41, 5.74) is 2.58. The van der Waals surface area contributed by atoms with Crippen LogP contribution in [0.3, 0.4) is 0 Å². The predicted molar refractivity (Wildman–Crippen MR) is 143 cm³/mol. The number of anilines is 1. The molecule has 1 aromatic carbocycles. The van der Waals surface area contributed by atoms with Gasteiger partial charge in [-0.2, -0.15) is 0 Å². The van der Waals surface area contributed by atoms with Crippen LogP contribution in [0.2, 0.25) is 0 Å². The second kappa shape index (κ2) is 15.3. The third-order valence-electron chi connectivity index (χ3n) is 4.85. The van der Waals surface area contributed by atoms with Crippen molar-refractivity contribution in [3.05, 3.63) is 47.8 Å². The number of methoxy groups -OCH3 is 2. The number of hydrogen-bond acceptors (Lipinski definition) is 10. The summed E-state index contributed by atoms with van der Waals surface area (Å²) in [5, 5.41) is 26.2. The summed E-state index contributed by atoms with van der Waals surface area (Å²) in [7, 11) is 3.25. The van der Waals surface area contributed by atoms with Gasteiger partial charge in [0, 0.05) is 43.2 Å². The standard InChI is InChI=1S/C22H30N6O3S.C3H8O/c1-15-13-24-17(14-23-15)12-16(2)32-27-22-26-25-20(10-5-6-11-29)28(22)21-18(30-3)8-7-9-19(21)31-4;1-3(2)4/h7-9,13-14,16,29H,5-6,10-12H2,1-4H3,(H,26,27);3-4H,1-2H3. The molecule has 0 fully saturated rings. The summed E-state index contributed by atoms with van der Waals surface area (Å²) in [5.74, 6) is 2.66. The lowest BCUT2D eigenvalue weighted by molar-refractivity contribution is 0.216. The molecule has 0 amide bonds. The molecule has 0 radical (unpaired) electrons. The summed E-state index contributed by atoms with van der Waals surface area (Å²) in [6, 6.07) is 5.64. The topological polar surface area (TPSA) is 127 Å². The lowest BCUT2D eigenvalue weighted by atomic mass is 10.2. The van der Waals surface area contributed by atoms with Crippen molar-refractivity contribution in [1.29, 1.82) is 0 Å². The van der Waals surface area contributed by atoms with Crippen LogP contribution in [0.4, 0.5) is 5.95 Å². The van der Waals surface area contributed by atoms with Gasteiger partial charge in [0.05, 0.1) is 25.6 Å². The van der Waals surface area contributed by atoms with E-state index >= 15 is 0 Å². The molecule has 3 rings (SSSR count). The molecule has 1 unspecified atom stereocenters. The van der Waals surface area contributed by atoms with Gasteiger partial charge in [0.15, 0.2) is 0 Å². The number of nitrogens with zero attached hydrogens (tertiary/aromatic N) is 5. The van der Waals surface area contributed by atoms with Crippen molar-refractivity contribution in [1.82, 2.24) is 24.7 Å². The van der Waals surface area contributed by atoms with Crippen LogP contribution in [-0.2, 0) is 12.8 Å². The molecule has 2 heterocycles. The van der Waals surface area contributed by atoms with Crippen molar-refractivity contribution in [3.63, 3.8) is 0 Å². The Balaban J connectivity index is 0.00000106. The molecule has 2 aromatic heterocycles. The molecule has 0 saturated heterocycles. The Labute approximate surface area is 217 Å². The number of ether oxygens (including phenoxy) is 2. The smallest absolute Gasteiger partial charge is 0.239 e. The minimum atomic E-state index is -0.167. The fraction of sp³-hybridized carbons (Fsp3) is 0.520. The summed E-state index contributed by atoms with van der Waals surface area (Å²) in [6.45, 7) is 7.63. The normalized spacial score (nSPS) is 11.6. The van der Waals surface area contributed by atoms with Crippen LogP contribution in [0.1, 0.15) is 50.8 Å². The highest BCUT2D eigenvalue weighted by atomic mass is 32.2. The first-order valence-electron chi connectivity index (χ1n) is 11.9. The number of aryl methyl sites for hydroxylation is 2. The molecule has 36 heavy (non-hydrogen) atoms. The highest BCUT2D eigenvalue weighted by Gasteiger charge is 2.21. The van der Waals surface area contributed by atoms with Crippen LogP contribution in [0.25, 0.3) is 5.69 Å². The van der Waals surface area contributed by atoms with E-state index in [1.807, 2.05) is 35.9 Å². The molecule has 3 aromatic rings.